The summed E-state index contributed by atoms with van der Waals surface area (Å²) >= 11 is 0. The monoisotopic (exact) mass is 566 g/mol. The number of ether oxygens (including phenoxy) is 3. The largest absolute Gasteiger partial charge is 0.436 e. The number of epoxide rings is 3. The number of fused-ring (bicyclic) bond motifs is 3. The molecular weight excluding hydrogens is 513 g/mol. The molecule has 0 aromatic rings. The fraction of sp³-hybridized carbons (Fsp3) is 1.00. The average molecular weight is 567 g/mol. The number of hydrogen-bond acceptors (Lipinski definition) is 5. The highest BCUT2D eigenvalue weighted by Crippen LogP contribution is 2.45. The molecule has 9 atom stereocenters. The maximum absolute atomic E-state index is 7.34. The van der Waals surface area contributed by atoms with E-state index in [0.717, 1.165) is 17.8 Å². The van der Waals surface area contributed by atoms with Crippen molar-refractivity contribution < 1.29 is 22.4 Å². The molecule has 6 aliphatic rings. The minimum absolute atomic E-state index is 0.571. The molecule has 6 rings (SSSR count). The number of rotatable bonds is 13. The fourth-order valence-corrected chi connectivity index (χ4v) is 22.9. The van der Waals surface area contributed by atoms with E-state index in [-0.39, 0.29) is 0 Å². The van der Waals surface area contributed by atoms with Gasteiger partial charge in [0.2, 0.25) is 0 Å². The first-order chi connectivity index (χ1) is 17.5. The summed E-state index contributed by atoms with van der Waals surface area (Å²) in [4.78, 5) is 0. The van der Waals surface area contributed by atoms with Gasteiger partial charge in [-0.05, 0) is 133 Å². The highest BCUT2D eigenvalue weighted by atomic mass is 28.5. The summed E-state index contributed by atoms with van der Waals surface area (Å²) < 4.78 is 32.1. The Hall–Kier alpha value is 0.451. The molecule has 0 amide bonds. The Morgan fingerprint density at radius 1 is 0.486 bits per heavy atom. The van der Waals surface area contributed by atoms with Gasteiger partial charge in [0.05, 0.1) is 36.6 Å². The molecule has 9 unspecified atom stereocenters. The van der Waals surface area contributed by atoms with Gasteiger partial charge in [-0.3, -0.25) is 0 Å². The molecule has 0 spiro atoms. The van der Waals surface area contributed by atoms with Crippen molar-refractivity contribution in [1.29, 1.82) is 0 Å². The van der Waals surface area contributed by atoms with Crippen LogP contribution < -0.4 is 0 Å². The van der Waals surface area contributed by atoms with Crippen LogP contribution in [0, 0.1) is 17.8 Å². The summed E-state index contributed by atoms with van der Waals surface area (Å²) in [7, 11) is -5.87. The molecule has 3 aliphatic heterocycles. The Kier molecular flexibility index (Phi) is 7.98. The molecule has 0 radical (unpaired) electrons. The molecule has 3 aliphatic carbocycles. The van der Waals surface area contributed by atoms with E-state index in [1.54, 1.807) is 0 Å². The standard InChI is InChI=1S/C29H54O5Si3/c1-35(2,15-12-21-6-9-24-27(18-21)30-24)33-37(5,17-14-23-8-11-26-29(20-23)32-26)34-36(3,4)16-13-22-7-10-25-28(19-22)31-25/h21-29H,6-20H2,1-5H3. The van der Waals surface area contributed by atoms with Crippen molar-refractivity contribution in [1.82, 2.24) is 0 Å². The third kappa shape index (κ3) is 7.60. The average Bonchev–Trinajstić information content (AvgIpc) is 3.71. The second-order valence-electron chi connectivity index (χ2n) is 15.1. The third-order valence-corrected chi connectivity index (χ3v) is 22.7. The van der Waals surface area contributed by atoms with Crippen LogP contribution >= 0.6 is 0 Å². The lowest BCUT2D eigenvalue weighted by Crippen LogP contribution is -2.54. The Morgan fingerprint density at radius 2 is 0.838 bits per heavy atom. The van der Waals surface area contributed by atoms with Gasteiger partial charge in [-0.15, -0.1) is 0 Å². The molecule has 0 aromatic heterocycles. The van der Waals surface area contributed by atoms with E-state index in [0.29, 0.717) is 36.6 Å². The van der Waals surface area contributed by atoms with Crippen molar-refractivity contribution in [2.75, 3.05) is 0 Å². The van der Waals surface area contributed by atoms with Crippen molar-refractivity contribution in [3.05, 3.63) is 0 Å². The summed E-state index contributed by atoms with van der Waals surface area (Å²) in [5, 5.41) is 0. The van der Waals surface area contributed by atoms with Gasteiger partial charge in [0.15, 0.2) is 16.6 Å². The predicted octanol–water partition coefficient (Wildman–Crippen LogP) is 7.37. The van der Waals surface area contributed by atoms with Gasteiger partial charge in [-0.2, -0.15) is 0 Å². The van der Waals surface area contributed by atoms with Crippen molar-refractivity contribution in [2.45, 2.75) is 165 Å². The van der Waals surface area contributed by atoms with E-state index >= 15 is 0 Å². The molecule has 3 saturated heterocycles. The Balaban J connectivity index is 1.04. The highest BCUT2D eigenvalue weighted by molar-refractivity contribution is 6.88. The summed E-state index contributed by atoms with van der Waals surface area (Å²) in [6.07, 6.45) is 19.2. The molecule has 3 saturated carbocycles. The lowest BCUT2D eigenvalue weighted by molar-refractivity contribution is 0.327. The van der Waals surface area contributed by atoms with E-state index in [9.17, 15) is 0 Å². The normalized spacial score (nSPS) is 42.2. The smallest absolute Gasteiger partial charge is 0.314 e. The second-order valence-corrected chi connectivity index (χ2v) is 27.6. The zero-order valence-electron chi connectivity index (χ0n) is 24.3. The SMILES string of the molecule is C[Si](C)(CCC1CCC2OC2C1)O[Si](C)(CCC1CCC2OC2C1)O[Si](C)(C)CCC1CCC2OC2C1. The maximum atomic E-state index is 7.34. The van der Waals surface area contributed by atoms with Crippen LogP contribution in [-0.4, -0.2) is 61.8 Å². The molecule has 5 nitrogen and oxygen atoms in total. The summed E-state index contributed by atoms with van der Waals surface area (Å²) in [6.45, 7) is 12.4. The topological polar surface area (TPSA) is 56.0 Å². The molecule has 6 fully saturated rings. The lowest BCUT2D eigenvalue weighted by atomic mass is 9.88. The summed E-state index contributed by atoms with van der Waals surface area (Å²) in [6, 6.07) is 3.72. The Labute approximate surface area is 229 Å². The maximum Gasteiger partial charge on any atom is 0.314 e. The molecule has 212 valence electrons. The lowest BCUT2D eigenvalue weighted by Gasteiger charge is -2.42. The molecule has 37 heavy (non-hydrogen) atoms. The van der Waals surface area contributed by atoms with Gasteiger partial charge < -0.3 is 22.4 Å². The van der Waals surface area contributed by atoms with E-state index in [2.05, 4.69) is 32.7 Å². The first-order valence-electron chi connectivity index (χ1n) is 15.9. The quantitative estimate of drug-likeness (QED) is 0.172. The highest BCUT2D eigenvalue weighted by Gasteiger charge is 2.48. The van der Waals surface area contributed by atoms with Gasteiger partial charge in [-0.25, -0.2) is 0 Å². The van der Waals surface area contributed by atoms with Crippen LogP contribution in [0.2, 0.25) is 50.9 Å². The van der Waals surface area contributed by atoms with E-state index < -0.39 is 25.2 Å². The minimum Gasteiger partial charge on any atom is -0.436 e. The molecular formula is C29H54O5Si3. The first kappa shape index (κ1) is 27.6. The molecule has 0 N–H and O–H groups in total. The van der Waals surface area contributed by atoms with Crippen molar-refractivity contribution in [2.24, 2.45) is 17.8 Å². The van der Waals surface area contributed by atoms with Gasteiger partial charge in [0.1, 0.15) is 0 Å². The Morgan fingerprint density at radius 3 is 1.19 bits per heavy atom. The second kappa shape index (κ2) is 10.7. The first-order valence-corrected chi connectivity index (χ1v) is 24.7. The molecule has 8 heteroatoms. The van der Waals surface area contributed by atoms with Crippen LogP contribution in [0.5, 0.6) is 0 Å². The fourth-order valence-electron chi connectivity index (χ4n) is 8.21. The van der Waals surface area contributed by atoms with Gasteiger partial charge in [0.25, 0.3) is 0 Å². The van der Waals surface area contributed by atoms with Gasteiger partial charge >= 0.3 is 8.56 Å². The van der Waals surface area contributed by atoms with E-state index in [4.69, 9.17) is 22.4 Å². The van der Waals surface area contributed by atoms with E-state index in [1.807, 2.05) is 0 Å². The van der Waals surface area contributed by atoms with Crippen LogP contribution in [0.4, 0.5) is 0 Å². The van der Waals surface area contributed by atoms with Crippen LogP contribution in [0.25, 0.3) is 0 Å². The molecule has 0 bridgehead atoms. The van der Waals surface area contributed by atoms with Crippen LogP contribution in [0.3, 0.4) is 0 Å². The zero-order chi connectivity index (χ0) is 25.8. The molecule has 3 heterocycles. The van der Waals surface area contributed by atoms with Crippen LogP contribution in [0.1, 0.15) is 77.0 Å². The summed E-state index contributed by atoms with van der Waals surface area (Å²) in [5.41, 5.74) is 0. The van der Waals surface area contributed by atoms with Gasteiger partial charge in [-0.1, -0.05) is 12.8 Å². The van der Waals surface area contributed by atoms with Crippen LogP contribution in [0.15, 0.2) is 0 Å². The summed E-state index contributed by atoms with van der Waals surface area (Å²) in [5.74, 6) is 2.50. The van der Waals surface area contributed by atoms with Crippen molar-refractivity contribution in [3.63, 3.8) is 0 Å². The number of hydrogen-bond donors (Lipinski definition) is 0. The van der Waals surface area contributed by atoms with Crippen molar-refractivity contribution >= 4 is 25.2 Å². The zero-order valence-corrected chi connectivity index (χ0v) is 27.3. The van der Waals surface area contributed by atoms with Gasteiger partial charge in [0, 0.05) is 0 Å². The predicted molar refractivity (Wildman–Crippen MR) is 155 cm³/mol. The Bertz CT molecular complexity index is 762. The van der Waals surface area contributed by atoms with E-state index in [1.165, 1.54) is 95.2 Å². The van der Waals surface area contributed by atoms with Crippen LogP contribution in [-0.2, 0) is 22.4 Å². The third-order valence-electron chi connectivity index (χ3n) is 10.6. The van der Waals surface area contributed by atoms with Crippen molar-refractivity contribution in [3.8, 4) is 0 Å². The molecule has 0 aromatic carbocycles. The minimum atomic E-state index is -2.26.